The summed E-state index contributed by atoms with van der Waals surface area (Å²) in [5.41, 5.74) is 2.72. The predicted molar refractivity (Wildman–Crippen MR) is 81.5 cm³/mol. The Morgan fingerprint density at radius 2 is 2.33 bits per heavy atom. The molecule has 1 amide bonds. The van der Waals surface area contributed by atoms with Gasteiger partial charge in [-0.05, 0) is 41.4 Å². The van der Waals surface area contributed by atoms with Gasteiger partial charge in [0.1, 0.15) is 11.3 Å². The van der Waals surface area contributed by atoms with Crippen LogP contribution in [-0.4, -0.2) is 26.9 Å². The highest BCUT2D eigenvalue weighted by Crippen LogP contribution is 2.16. The summed E-state index contributed by atoms with van der Waals surface area (Å²) < 4.78 is 1.75. The number of nitrogens with one attached hydrogen (secondary N) is 1. The molecule has 0 bridgehead atoms. The molecule has 0 saturated heterocycles. The molecule has 5 nitrogen and oxygen atoms in total. The van der Waals surface area contributed by atoms with Crippen LogP contribution in [0.1, 0.15) is 27.8 Å². The summed E-state index contributed by atoms with van der Waals surface area (Å²) in [5.74, 6) is -0.236. The molecule has 3 heterocycles. The summed E-state index contributed by atoms with van der Waals surface area (Å²) in [6, 6.07) is 7.43. The third-order valence-electron chi connectivity index (χ3n) is 3.30. The Bertz CT molecular complexity index is 764. The zero-order valence-electron chi connectivity index (χ0n) is 11.5. The number of pyridine rings is 1. The number of fused-ring (bicyclic) bond motifs is 1. The number of amides is 1. The van der Waals surface area contributed by atoms with Crippen LogP contribution in [0.4, 0.5) is 0 Å². The lowest BCUT2D eigenvalue weighted by Crippen LogP contribution is -2.29. The fourth-order valence-corrected chi connectivity index (χ4v) is 2.95. The second kappa shape index (κ2) is 5.67. The largest absolute Gasteiger partial charge is 0.387 e. The molecule has 0 saturated carbocycles. The number of hydrogen-bond donors (Lipinski definition) is 2. The fourth-order valence-electron chi connectivity index (χ4n) is 2.24. The van der Waals surface area contributed by atoms with Crippen molar-refractivity contribution < 1.29 is 9.90 Å². The molecule has 0 aliphatic carbocycles. The summed E-state index contributed by atoms with van der Waals surface area (Å²) in [7, 11) is 0. The Morgan fingerprint density at radius 1 is 1.48 bits per heavy atom. The Morgan fingerprint density at radius 3 is 3.10 bits per heavy atom. The molecule has 0 spiro atoms. The van der Waals surface area contributed by atoms with E-state index in [1.807, 2.05) is 35.0 Å². The van der Waals surface area contributed by atoms with Crippen molar-refractivity contribution in [2.24, 2.45) is 0 Å². The summed E-state index contributed by atoms with van der Waals surface area (Å²) >= 11 is 1.52. The van der Waals surface area contributed by atoms with Gasteiger partial charge in [-0.2, -0.15) is 11.3 Å². The molecule has 21 heavy (non-hydrogen) atoms. The molecule has 0 fully saturated rings. The number of aromatic nitrogens is 2. The van der Waals surface area contributed by atoms with Crippen LogP contribution in [0.5, 0.6) is 0 Å². The molecular formula is C15H15N3O2S. The zero-order valence-corrected chi connectivity index (χ0v) is 12.3. The Kier molecular flexibility index (Phi) is 3.72. The van der Waals surface area contributed by atoms with Crippen LogP contribution in [-0.2, 0) is 0 Å². The van der Waals surface area contributed by atoms with Crippen molar-refractivity contribution in [3.05, 3.63) is 58.2 Å². The number of thiophene rings is 1. The van der Waals surface area contributed by atoms with Gasteiger partial charge in [0.05, 0.1) is 11.8 Å². The topological polar surface area (TPSA) is 66.6 Å². The van der Waals surface area contributed by atoms with E-state index in [1.54, 1.807) is 17.5 Å². The van der Waals surface area contributed by atoms with Crippen LogP contribution in [0.15, 0.2) is 41.2 Å². The number of carbonyl (C=O) groups is 1. The first-order chi connectivity index (χ1) is 10.2. The van der Waals surface area contributed by atoms with Crippen molar-refractivity contribution in [1.29, 1.82) is 0 Å². The Hall–Kier alpha value is -2.18. The van der Waals surface area contributed by atoms with Gasteiger partial charge in [-0.25, -0.2) is 4.98 Å². The van der Waals surface area contributed by atoms with Gasteiger partial charge in [0, 0.05) is 12.7 Å². The lowest BCUT2D eigenvalue weighted by Gasteiger charge is -2.10. The average Bonchev–Trinajstić information content (AvgIpc) is 3.10. The maximum atomic E-state index is 12.3. The highest BCUT2D eigenvalue weighted by atomic mass is 32.1. The third kappa shape index (κ3) is 2.68. The minimum atomic E-state index is -0.695. The average molecular weight is 301 g/mol. The number of imidazole rings is 1. The quantitative estimate of drug-likeness (QED) is 0.776. The minimum absolute atomic E-state index is 0.176. The smallest absolute Gasteiger partial charge is 0.270 e. The molecule has 0 aromatic carbocycles. The van der Waals surface area contributed by atoms with Crippen LogP contribution in [0.25, 0.3) is 5.65 Å². The number of carbonyl (C=O) groups excluding carboxylic acids is 1. The predicted octanol–water partition coefficient (Wildman–Crippen LogP) is 2.17. The van der Waals surface area contributed by atoms with E-state index in [4.69, 9.17) is 0 Å². The van der Waals surface area contributed by atoms with Crippen molar-refractivity contribution in [3.8, 4) is 0 Å². The molecule has 108 valence electrons. The minimum Gasteiger partial charge on any atom is -0.387 e. The van der Waals surface area contributed by atoms with Gasteiger partial charge in [-0.1, -0.05) is 6.07 Å². The third-order valence-corrected chi connectivity index (χ3v) is 4.00. The number of aliphatic hydroxyl groups excluding tert-OH is 1. The summed E-state index contributed by atoms with van der Waals surface area (Å²) in [6.07, 6.45) is 1.11. The fraction of sp³-hybridized carbons (Fsp3) is 0.200. The van der Waals surface area contributed by atoms with E-state index in [2.05, 4.69) is 10.3 Å². The molecule has 1 unspecified atom stereocenters. The molecule has 2 N–H and O–H groups in total. The molecule has 3 aromatic rings. The van der Waals surface area contributed by atoms with Gasteiger partial charge >= 0.3 is 0 Å². The van der Waals surface area contributed by atoms with Gasteiger partial charge in [-0.3, -0.25) is 9.20 Å². The molecule has 3 aromatic heterocycles. The Balaban J connectivity index is 1.77. The standard InChI is InChI=1S/C15H15N3O2S/c1-10-14(18-6-3-2-4-13(18)17-10)15(20)16-8-12(19)11-5-7-21-9-11/h2-7,9,12,19H,8H2,1H3,(H,16,20). The number of rotatable bonds is 4. The van der Waals surface area contributed by atoms with Gasteiger partial charge in [0.15, 0.2) is 0 Å². The first-order valence-electron chi connectivity index (χ1n) is 6.59. The van der Waals surface area contributed by atoms with Gasteiger partial charge < -0.3 is 10.4 Å². The molecule has 0 radical (unpaired) electrons. The molecule has 0 aliphatic heterocycles. The lowest BCUT2D eigenvalue weighted by molar-refractivity contribution is 0.0910. The molecule has 3 rings (SSSR count). The van der Waals surface area contributed by atoms with Crippen LogP contribution in [0, 0.1) is 6.92 Å². The van der Waals surface area contributed by atoms with E-state index >= 15 is 0 Å². The van der Waals surface area contributed by atoms with E-state index in [-0.39, 0.29) is 12.5 Å². The van der Waals surface area contributed by atoms with E-state index in [1.165, 1.54) is 11.3 Å². The number of nitrogens with zero attached hydrogens (tertiary/aromatic N) is 2. The monoisotopic (exact) mass is 301 g/mol. The summed E-state index contributed by atoms with van der Waals surface area (Å²) in [4.78, 5) is 16.7. The number of aryl methyl sites for hydroxylation is 1. The molecule has 1 atom stereocenters. The second-order valence-corrected chi connectivity index (χ2v) is 5.54. The SMILES string of the molecule is Cc1nc2ccccn2c1C(=O)NCC(O)c1ccsc1. The lowest BCUT2D eigenvalue weighted by atomic mass is 10.2. The van der Waals surface area contributed by atoms with Crippen molar-refractivity contribution in [1.82, 2.24) is 14.7 Å². The highest BCUT2D eigenvalue weighted by Gasteiger charge is 2.17. The van der Waals surface area contributed by atoms with Crippen molar-refractivity contribution in [2.45, 2.75) is 13.0 Å². The van der Waals surface area contributed by atoms with Crippen molar-refractivity contribution in [2.75, 3.05) is 6.54 Å². The maximum absolute atomic E-state index is 12.3. The first-order valence-corrected chi connectivity index (χ1v) is 7.53. The van der Waals surface area contributed by atoms with E-state index in [9.17, 15) is 9.90 Å². The normalized spacial score (nSPS) is 12.5. The number of hydrogen-bond acceptors (Lipinski definition) is 4. The zero-order chi connectivity index (χ0) is 14.8. The van der Waals surface area contributed by atoms with E-state index in [0.717, 1.165) is 11.2 Å². The van der Waals surface area contributed by atoms with Gasteiger partial charge in [0.2, 0.25) is 0 Å². The molecular weight excluding hydrogens is 286 g/mol. The number of aliphatic hydroxyl groups is 1. The Labute approximate surface area is 125 Å². The molecule has 0 aliphatic rings. The van der Waals surface area contributed by atoms with E-state index < -0.39 is 6.10 Å². The summed E-state index contributed by atoms with van der Waals surface area (Å²) in [5, 5.41) is 16.5. The second-order valence-electron chi connectivity index (χ2n) is 4.76. The van der Waals surface area contributed by atoms with Gasteiger partial charge in [0.25, 0.3) is 5.91 Å². The van der Waals surface area contributed by atoms with Crippen molar-refractivity contribution in [3.63, 3.8) is 0 Å². The van der Waals surface area contributed by atoms with Crippen molar-refractivity contribution >= 4 is 22.9 Å². The van der Waals surface area contributed by atoms with Crippen LogP contribution < -0.4 is 5.32 Å². The van der Waals surface area contributed by atoms with Crippen LogP contribution >= 0.6 is 11.3 Å². The van der Waals surface area contributed by atoms with Gasteiger partial charge in [-0.15, -0.1) is 0 Å². The maximum Gasteiger partial charge on any atom is 0.270 e. The van der Waals surface area contributed by atoms with Crippen LogP contribution in [0.3, 0.4) is 0 Å². The highest BCUT2D eigenvalue weighted by molar-refractivity contribution is 7.07. The first kappa shape index (κ1) is 13.8. The molecule has 6 heteroatoms. The summed E-state index contributed by atoms with van der Waals surface area (Å²) in [6.45, 7) is 1.98. The van der Waals surface area contributed by atoms with Crippen LogP contribution in [0.2, 0.25) is 0 Å². The van der Waals surface area contributed by atoms with E-state index in [0.29, 0.717) is 11.4 Å².